The molecule has 32 heavy (non-hydrogen) atoms. The van der Waals surface area contributed by atoms with Crippen LogP contribution in [0.15, 0.2) is 54.6 Å². The summed E-state index contributed by atoms with van der Waals surface area (Å²) in [6.07, 6.45) is 5.18. The van der Waals surface area contributed by atoms with E-state index in [-0.39, 0.29) is 17.3 Å². The second-order valence-corrected chi connectivity index (χ2v) is 9.40. The van der Waals surface area contributed by atoms with Crippen molar-refractivity contribution in [2.75, 3.05) is 13.6 Å². The first kappa shape index (κ1) is 21.0. The van der Waals surface area contributed by atoms with Gasteiger partial charge in [-0.05, 0) is 50.6 Å². The number of nitrogens with zero attached hydrogens (tertiary/aromatic N) is 1. The number of carbonyl (C=O) groups is 1. The average Bonchev–Trinajstić information content (AvgIpc) is 3.16. The van der Waals surface area contributed by atoms with Gasteiger partial charge in [-0.3, -0.25) is 4.79 Å². The predicted molar refractivity (Wildman–Crippen MR) is 120 cm³/mol. The van der Waals surface area contributed by atoms with Crippen LogP contribution in [0.5, 0.6) is 11.5 Å². The number of hydrogen-bond acceptors (Lipinski definition) is 5. The molecule has 4 aliphatic rings. The van der Waals surface area contributed by atoms with Crippen molar-refractivity contribution >= 4 is 5.97 Å². The third-order valence-electron chi connectivity index (χ3n) is 7.82. The molecule has 2 aromatic carbocycles. The van der Waals surface area contributed by atoms with E-state index < -0.39 is 18.0 Å². The molecule has 1 spiro atoms. The standard InChI is InChI=1S/C17H19NO3.C9H10O2/c1-18-7-6-17-10-3-5-13(20)16(17)21-15-12(19)4-2-9(14(15)17)8-11(10)18;1-7(9(10)11)8-5-3-2-4-6-8/h2-5,10-11,13,16,19-20H,6-8H2,1H3;2-7H,1H3,(H,10,11)/t10-,11+,13-,16-,17-;/m0./s1. The van der Waals surface area contributed by atoms with Crippen LogP contribution in [0.3, 0.4) is 0 Å². The van der Waals surface area contributed by atoms with E-state index in [1.165, 1.54) is 11.1 Å². The summed E-state index contributed by atoms with van der Waals surface area (Å²) in [4.78, 5) is 12.9. The summed E-state index contributed by atoms with van der Waals surface area (Å²) in [5.74, 6) is 0.00158. The zero-order valence-corrected chi connectivity index (χ0v) is 18.3. The van der Waals surface area contributed by atoms with Crippen molar-refractivity contribution in [2.45, 2.75) is 49.3 Å². The van der Waals surface area contributed by atoms with Crippen molar-refractivity contribution in [2.24, 2.45) is 5.92 Å². The lowest BCUT2D eigenvalue weighted by Crippen LogP contribution is -2.64. The number of aliphatic hydroxyl groups excluding tert-OH is 1. The van der Waals surface area contributed by atoms with Crippen LogP contribution in [0.4, 0.5) is 0 Å². The first-order valence-electron chi connectivity index (χ1n) is 11.2. The first-order valence-corrected chi connectivity index (χ1v) is 11.2. The Kier molecular flexibility index (Phi) is 5.02. The number of ether oxygens (including phenoxy) is 1. The molecule has 3 N–H and O–H groups in total. The van der Waals surface area contributed by atoms with Gasteiger partial charge in [0, 0.05) is 22.9 Å². The first-order chi connectivity index (χ1) is 15.3. The summed E-state index contributed by atoms with van der Waals surface area (Å²) in [5.41, 5.74) is 3.14. The van der Waals surface area contributed by atoms with Crippen LogP contribution in [0.2, 0.25) is 0 Å². The second kappa shape index (κ2) is 7.64. The zero-order chi connectivity index (χ0) is 22.6. The number of phenolic OH excluding ortho intramolecular Hbond substituents is 1. The molecule has 2 bridgehead atoms. The molecule has 2 heterocycles. The highest BCUT2D eigenvalue weighted by molar-refractivity contribution is 5.75. The van der Waals surface area contributed by atoms with Crippen molar-refractivity contribution in [1.82, 2.24) is 4.90 Å². The molecule has 0 radical (unpaired) electrons. The second-order valence-electron chi connectivity index (χ2n) is 9.40. The highest BCUT2D eigenvalue weighted by atomic mass is 16.5. The molecule has 1 saturated heterocycles. The minimum Gasteiger partial charge on any atom is -0.504 e. The van der Waals surface area contributed by atoms with Crippen molar-refractivity contribution < 1.29 is 24.9 Å². The molecule has 6 rings (SSSR count). The van der Waals surface area contributed by atoms with E-state index in [0.717, 1.165) is 24.9 Å². The number of phenols is 1. The molecule has 2 aliphatic heterocycles. The fourth-order valence-electron chi connectivity index (χ4n) is 6.12. The molecule has 6 nitrogen and oxygen atoms in total. The van der Waals surface area contributed by atoms with Gasteiger partial charge in [0.1, 0.15) is 12.2 Å². The van der Waals surface area contributed by atoms with E-state index in [2.05, 4.69) is 18.0 Å². The quantitative estimate of drug-likeness (QED) is 0.628. The Morgan fingerprint density at radius 3 is 2.66 bits per heavy atom. The van der Waals surface area contributed by atoms with E-state index in [4.69, 9.17) is 9.84 Å². The molecule has 1 fully saturated rings. The number of hydrogen-bond donors (Lipinski definition) is 3. The van der Waals surface area contributed by atoms with Gasteiger partial charge in [0.2, 0.25) is 0 Å². The van der Waals surface area contributed by atoms with E-state index in [0.29, 0.717) is 17.7 Å². The number of rotatable bonds is 2. The van der Waals surface area contributed by atoms with Crippen LogP contribution in [0.25, 0.3) is 0 Å². The number of likely N-dealkylation sites (tertiary alicyclic amines) is 1. The third kappa shape index (κ3) is 2.97. The maximum absolute atomic E-state index is 10.5. The van der Waals surface area contributed by atoms with Crippen molar-refractivity contribution in [3.63, 3.8) is 0 Å². The van der Waals surface area contributed by atoms with E-state index in [1.807, 2.05) is 42.5 Å². The number of carboxylic acids is 1. The van der Waals surface area contributed by atoms with Gasteiger partial charge in [-0.1, -0.05) is 48.6 Å². The summed E-state index contributed by atoms with van der Waals surface area (Å²) in [6.45, 7) is 2.69. The van der Waals surface area contributed by atoms with Crippen LogP contribution in [0.1, 0.15) is 36.0 Å². The number of piperidine rings is 1. The fraction of sp³-hybridized carbons (Fsp3) is 0.423. The molecule has 2 aromatic rings. The monoisotopic (exact) mass is 435 g/mol. The Balaban J connectivity index is 0.000000168. The minimum atomic E-state index is -0.781. The number of aliphatic carboxylic acids is 1. The Morgan fingerprint density at radius 2 is 1.94 bits per heavy atom. The zero-order valence-electron chi connectivity index (χ0n) is 18.3. The van der Waals surface area contributed by atoms with Crippen molar-refractivity contribution in [1.29, 1.82) is 0 Å². The maximum Gasteiger partial charge on any atom is 0.310 e. The van der Waals surface area contributed by atoms with E-state index >= 15 is 0 Å². The largest absolute Gasteiger partial charge is 0.504 e. The highest BCUT2D eigenvalue weighted by Crippen LogP contribution is 2.62. The summed E-state index contributed by atoms with van der Waals surface area (Å²) in [6, 6.07) is 13.4. The Labute approximate surface area is 187 Å². The SMILES string of the molecule is CC(C(=O)O)c1ccccc1.CN1CC[C@]23c4c5ccc(O)c4O[C@H]2[C@@H](O)C=C[C@H]3[C@H]1C5. The minimum absolute atomic E-state index is 0.160. The van der Waals surface area contributed by atoms with Gasteiger partial charge in [-0.25, -0.2) is 0 Å². The van der Waals surface area contributed by atoms with Gasteiger partial charge < -0.3 is 25.0 Å². The molecular weight excluding hydrogens is 406 g/mol. The predicted octanol–water partition coefficient (Wildman–Crippen LogP) is 3.07. The number of aromatic hydroxyl groups is 1. The topological polar surface area (TPSA) is 90.2 Å². The normalized spacial score (nSPS) is 32.2. The summed E-state index contributed by atoms with van der Waals surface area (Å²) in [5, 5.41) is 29.3. The molecule has 6 atom stereocenters. The van der Waals surface area contributed by atoms with Gasteiger partial charge in [-0.2, -0.15) is 0 Å². The summed E-state index contributed by atoms with van der Waals surface area (Å²) >= 11 is 0. The molecular formula is C26H29NO5. The van der Waals surface area contributed by atoms with Crippen LogP contribution in [-0.4, -0.2) is 58.0 Å². The molecule has 1 unspecified atom stereocenters. The highest BCUT2D eigenvalue weighted by Gasteiger charge is 2.64. The summed E-state index contributed by atoms with van der Waals surface area (Å²) < 4.78 is 6.09. The molecule has 0 amide bonds. The molecule has 0 aromatic heterocycles. The smallest absolute Gasteiger partial charge is 0.310 e. The summed E-state index contributed by atoms with van der Waals surface area (Å²) in [7, 11) is 2.19. The third-order valence-corrected chi connectivity index (χ3v) is 7.82. The lowest BCUT2D eigenvalue weighted by Gasteiger charge is -2.56. The van der Waals surface area contributed by atoms with Gasteiger partial charge in [0.15, 0.2) is 11.5 Å². The van der Waals surface area contributed by atoms with E-state index in [9.17, 15) is 15.0 Å². The Bertz CT molecular complexity index is 1070. The molecule has 168 valence electrons. The van der Waals surface area contributed by atoms with Crippen molar-refractivity contribution in [3.8, 4) is 11.5 Å². The molecule has 0 saturated carbocycles. The Hall–Kier alpha value is -2.83. The van der Waals surface area contributed by atoms with Gasteiger partial charge in [-0.15, -0.1) is 0 Å². The number of aliphatic hydroxyl groups is 1. The van der Waals surface area contributed by atoms with Gasteiger partial charge in [0.25, 0.3) is 0 Å². The van der Waals surface area contributed by atoms with Crippen LogP contribution >= 0.6 is 0 Å². The average molecular weight is 436 g/mol. The Morgan fingerprint density at radius 1 is 1.19 bits per heavy atom. The van der Waals surface area contributed by atoms with Crippen molar-refractivity contribution in [3.05, 3.63) is 71.3 Å². The van der Waals surface area contributed by atoms with Crippen LogP contribution in [0, 0.1) is 5.92 Å². The number of benzene rings is 2. The maximum atomic E-state index is 10.5. The lowest BCUT2D eigenvalue weighted by molar-refractivity contribution is -0.138. The van der Waals surface area contributed by atoms with Crippen LogP contribution in [-0.2, 0) is 16.6 Å². The fourth-order valence-corrected chi connectivity index (χ4v) is 6.12. The van der Waals surface area contributed by atoms with Gasteiger partial charge >= 0.3 is 5.97 Å². The van der Waals surface area contributed by atoms with Crippen LogP contribution < -0.4 is 4.74 Å². The number of likely N-dealkylation sites (N-methyl/N-ethyl adjacent to an activating group) is 1. The molecule has 6 heteroatoms. The van der Waals surface area contributed by atoms with Gasteiger partial charge in [0.05, 0.1) is 5.92 Å². The lowest BCUT2D eigenvalue weighted by atomic mass is 9.53. The van der Waals surface area contributed by atoms with E-state index in [1.54, 1.807) is 13.0 Å². The number of carboxylic acid groups (broad SMARTS) is 1. The molecule has 2 aliphatic carbocycles.